The van der Waals surface area contributed by atoms with Gasteiger partial charge < -0.3 is 14.8 Å². The number of nitrogens with zero attached hydrogens (tertiary/aromatic N) is 2. The number of sulfonamides is 1. The first-order valence-electron chi connectivity index (χ1n) is 8.54. The van der Waals surface area contributed by atoms with Gasteiger partial charge in [0.1, 0.15) is 6.54 Å². The van der Waals surface area contributed by atoms with Crippen LogP contribution < -0.4 is 9.62 Å². The summed E-state index contributed by atoms with van der Waals surface area (Å²) in [5.41, 5.74) is 0.431. The van der Waals surface area contributed by atoms with Crippen LogP contribution in [0.4, 0.5) is 5.69 Å². The second-order valence-electron chi connectivity index (χ2n) is 6.12. The van der Waals surface area contributed by atoms with E-state index in [1.165, 1.54) is 31.4 Å². The van der Waals surface area contributed by atoms with Crippen molar-refractivity contribution in [1.82, 2.24) is 10.2 Å². The maximum absolute atomic E-state index is 12.2. The number of ether oxygens (including phenoxy) is 2. The van der Waals surface area contributed by atoms with E-state index >= 15 is 0 Å². The monoisotopic (exact) mass is 399 g/mol. The van der Waals surface area contributed by atoms with E-state index in [9.17, 15) is 18.0 Å². The fraction of sp³-hybridized carbons (Fsp3) is 0.529. The molecule has 2 rings (SSSR count). The van der Waals surface area contributed by atoms with Crippen LogP contribution >= 0.6 is 0 Å². The van der Waals surface area contributed by atoms with Gasteiger partial charge in [0, 0.05) is 26.2 Å². The zero-order chi connectivity index (χ0) is 19.9. The molecule has 0 radical (unpaired) electrons. The van der Waals surface area contributed by atoms with Gasteiger partial charge in [-0.25, -0.2) is 13.2 Å². The van der Waals surface area contributed by atoms with Crippen LogP contribution in [0.15, 0.2) is 24.3 Å². The van der Waals surface area contributed by atoms with Gasteiger partial charge in [-0.05, 0) is 18.2 Å². The summed E-state index contributed by atoms with van der Waals surface area (Å²) in [6, 6.07) is 5.96. The lowest BCUT2D eigenvalue weighted by molar-refractivity contribution is -0.119. The second kappa shape index (κ2) is 9.67. The van der Waals surface area contributed by atoms with E-state index in [4.69, 9.17) is 4.74 Å². The Morgan fingerprint density at radius 1 is 1.30 bits per heavy atom. The van der Waals surface area contributed by atoms with Crippen LogP contribution in [0.3, 0.4) is 0 Å². The molecule has 1 heterocycles. The fourth-order valence-corrected chi connectivity index (χ4v) is 3.52. The molecule has 0 aromatic heterocycles. The molecule has 1 aromatic carbocycles. The quantitative estimate of drug-likeness (QED) is 0.598. The predicted molar refractivity (Wildman–Crippen MR) is 100 cm³/mol. The van der Waals surface area contributed by atoms with Crippen molar-refractivity contribution in [1.29, 1.82) is 0 Å². The largest absolute Gasteiger partial charge is 0.465 e. The Morgan fingerprint density at radius 3 is 2.63 bits per heavy atom. The van der Waals surface area contributed by atoms with Crippen LogP contribution in [0.2, 0.25) is 0 Å². The molecule has 27 heavy (non-hydrogen) atoms. The molecule has 1 N–H and O–H groups in total. The SMILES string of the molecule is COC(=O)c1cccc(N(CC(=O)NCCN2CCOCC2)S(C)(=O)=O)c1. The minimum atomic E-state index is -3.71. The maximum Gasteiger partial charge on any atom is 0.337 e. The molecule has 0 saturated carbocycles. The number of carbonyl (C=O) groups is 2. The summed E-state index contributed by atoms with van der Waals surface area (Å²) in [5, 5.41) is 2.73. The summed E-state index contributed by atoms with van der Waals surface area (Å²) in [6.07, 6.45) is 1.01. The molecule has 1 saturated heterocycles. The van der Waals surface area contributed by atoms with Gasteiger partial charge in [0.05, 0.1) is 37.8 Å². The molecule has 1 amide bonds. The standard InChI is InChI=1S/C17H25N3O6S/c1-25-17(22)14-4-3-5-15(12-14)20(27(2,23)24)13-16(21)18-6-7-19-8-10-26-11-9-19/h3-5,12H,6-11,13H2,1-2H3,(H,18,21). The van der Waals surface area contributed by atoms with Crippen molar-refractivity contribution in [2.45, 2.75) is 0 Å². The smallest absolute Gasteiger partial charge is 0.337 e. The van der Waals surface area contributed by atoms with Crippen molar-refractivity contribution in [2.75, 3.05) is 63.6 Å². The Bertz CT molecular complexity index is 762. The van der Waals surface area contributed by atoms with Crippen molar-refractivity contribution in [2.24, 2.45) is 0 Å². The van der Waals surface area contributed by atoms with Gasteiger partial charge in [0.2, 0.25) is 15.9 Å². The number of anilines is 1. The van der Waals surface area contributed by atoms with Crippen LogP contribution in [-0.4, -0.2) is 84.5 Å². The second-order valence-corrected chi connectivity index (χ2v) is 8.02. The van der Waals surface area contributed by atoms with Crippen LogP contribution in [0, 0.1) is 0 Å². The molecular weight excluding hydrogens is 374 g/mol. The predicted octanol–water partition coefficient (Wildman–Crippen LogP) is -0.312. The number of methoxy groups -OCH3 is 1. The Labute approximate surface area is 159 Å². The molecule has 10 heteroatoms. The van der Waals surface area contributed by atoms with Gasteiger partial charge in [0.25, 0.3) is 0 Å². The molecule has 0 bridgehead atoms. The first-order valence-corrected chi connectivity index (χ1v) is 10.4. The highest BCUT2D eigenvalue weighted by Gasteiger charge is 2.22. The maximum atomic E-state index is 12.2. The summed E-state index contributed by atoms with van der Waals surface area (Å²) in [4.78, 5) is 26.1. The molecule has 0 aliphatic carbocycles. The number of carbonyl (C=O) groups excluding carboxylic acids is 2. The summed E-state index contributed by atoms with van der Waals surface area (Å²) in [5.74, 6) is -1.00. The van der Waals surface area contributed by atoms with Gasteiger partial charge in [-0.1, -0.05) is 6.07 Å². The number of hydrogen-bond donors (Lipinski definition) is 1. The van der Waals surface area contributed by atoms with Crippen LogP contribution in [-0.2, 0) is 24.3 Å². The third kappa shape index (κ3) is 6.49. The number of rotatable bonds is 8. The van der Waals surface area contributed by atoms with E-state index in [2.05, 4.69) is 15.0 Å². The molecule has 1 aliphatic rings. The topological polar surface area (TPSA) is 105 Å². The van der Waals surface area contributed by atoms with E-state index in [0.29, 0.717) is 26.3 Å². The minimum absolute atomic E-state index is 0.205. The molecule has 0 spiro atoms. The first-order chi connectivity index (χ1) is 12.8. The number of nitrogens with one attached hydrogen (secondary N) is 1. The Hall–Kier alpha value is -2.17. The third-order valence-corrected chi connectivity index (χ3v) is 5.24. The van der Waals surface area contributed by atoms with E-state index in [-0.39, 0.29) is 17.8 Å². The Kier molecular flexibility index (Phi) is 7.57. The summed E-state index contributed by atoms with van der Waals surface area (Å²) >= 11 is 0. The van der Waals surface area contributed by atoms with Crippen LogP contribution in [0.1, 0.15) is 10.4 Å². The molecule has 9 nitrogen and oxygen atoms in total. The first kappa shape index (κ1) is 21.1. The van der Waals surface area contributed by atoms with E-state index in [1.807, 2.05) is 0 Å². The average molecular weight is 399 g/mol. The van der Waals surface area contributed by atoms with Crippen LogP contribution in [0.25, 0.3) is 0 Å². The van der Waals surface area contributed by atoms with E-state index < -0.39 is 21.9 Å². The van der Waals surface area contributed by atoms with Gasteiger partial charge in [-0.15, -0.1) is 0 Å². The molecule has 0 atom stereocenters. The van der Waals surface area contributed by atoms with Crippen molar-refractivity contribution in [3.8, 4) is 0 Å². The Morgan fingerprint density at radius 2 is 2.00 bits per heavy atom. The number of benzene rings is 1. The minimum Gasteiger partial charge on any atom is -0.465 e. The number of esters is 1. The lowest BCUT2D eigenvalue weighted by atomic mass is 10.2. The molecular formula is C17H25N3O6S. The molecule has 1 aliphatic heterocycles. The number of morpholine rings is 1. The van der Waals surface area contributed by atoms with E-state index in [1.54, 1.807) is 0 Å². The van der Waals surface area contributed by atoms with Gasteiger partial charge in [0.15, 0.2) is 0 Å². The molecule has 0 unspecified atom stereocenters. The third-order valence-electron chi connectivity index (χ3n) is 4.10. The van der Waals surface area contributed by atoms with Crippen molar-refractivity contribution in [3.63, 3.8) is 0 Å². The molecule has 150 valence electrons. The fourth-order valence-electron chi connectivity index (χ4n) is 2.67. The van der Waals surface area contributed by atoms with Crippen molar-refractivity contribution >= 4 is 27.6 Å². The summed E-state index contributed by atoms with van der Waals surface area (Å²) in [6.45, 7) is 3.69. The highest BCUT2D eigenvalue weighted by Crippen LogP contribution is 2.19. The van der Waals surface area contributed by atoms with Crippen molar-refractivity contribution < 1.29 is 27.5 Å². The average Bonchev–Trinajstić information content (AvgIpc) is 2.65. The molecule has 1 aromatic rings. The summed E-state index contributed by atoms with van der Waals surface area (Å²) in [7, 11) is -2.47. The lowest BCUT2D eigenvalue weighted by Gasteiger charge is -2.27. The summed E-state index contributed by atoms with van der Waals surface area (Å²) < 4.78 is 35.2. The highest BCUT2D eigenvalue weighted by atomic mass is 32.2. The normalized spacial score (nSPS) is 15.2. The lowest BCUT2D eigenvalue weighted by Crippen LogP contribution is -2.44. The van der Waals surface area contributed by atoms with E-state index in [0.717, 1.165) is 23.7 Å². The van der Waals surface area contributed by atoms with Gasteiger partial charge >= 0.3 is 5.97 Å². The Balaban J connectivity index is 2.00. The highest BCUT2D eigenvalue weighted by molar-refractivity contribution is 7.92. The van der Waals surface area contributed by atoms with Gasteiger partial charge in [-0.2, -0.15) is 0 Å². The zero-order valence-electron chi connectivity index (χ0n) is 15.5. The van der Waals surface area contributed by atoms with Crippen molar-refractivity contribution in [3.05, 3.63) is 29.8 Å². The molecule has 1 fully saturated rings. The number of amides is 1. The zero-order valence-corrected chi connectivity index (χ0v) is 16.3. The van der Waals surface area contributed by atoms with Crippen LogP contribution in [0.5, 0.6) is 0 Å². The van der Waals surface area contributed by atoms with Gasteiger partial charge in [-0.3, -0.25) is 14.0 Å². The number of hydrogen-bond acceptors (Lipinski definition) is 7.